The van der Waals surface area contributed by atoms with E-state index in [0.717, 1.165) is 5.56 Å². The summed E-state index contributed by atoms with van der Waals surface area (Å²) in [6.45, 7) is 6.27. The molecule has 2 heterocycles. The normalized spacial score (nSPS) is 17.0. The lowest BCUT2D eigenvalue weighted by molar-refractivity contribution is -0.121. The smallest absolute Gasteiger partial charge is 0.340 e. The lowest BCUT2D eigenvalue weighted by Gasteiger charge is -2.29. The third-order valence-electron chi connectivity index (χ3n) is 5.01. The Morgan fingerprint density at radius 2 is 1.93 bits per heavy atom. The number of hydrogen-bond acceptors (Lipinski definition) is 4. The fraction of sp³-hybridized carbons (Fsp3) is 0.381. The minimum atomic E-state index is -0.444. The van der Waals surface area contributed by atoms with Gasteiger partial charge >= 0.3 is 5.97 Å². The molecule has 0 radical (unpaired) electrons. The molecule has 0 bridgehead atoms. The summed E-state index contributed by atoms with van der Waals surface area (Å²) in [4.78, 5) is 42.6. The Kier molecular flexibility index (Phi) is 5.82. The predicted molar refractivity (Wildman–Crippen MR) is 104 cm³/mol. The maximum Gasteiger partial charge on any atom is 0.340 e. The number of hydrogen-bond donors (Lipinski definition) is 2. The summed E-state index contributed by atoms with van der Waals surface area (Å²) < 4.78 is 5.11. The van der Waals surface area contributed by atoms with Gasteiger partial charge in [0.1, 0.15) is 5.69 Å². The first-order valence-electron chi connectivity index (χ1n) is 9.43. The van der Waals surface area contributed by atoms with Crippen molar-refractivity contribution in [2.75, 3.05) is 19.7 Å². The zero-order chi connectivity index (χ0) is 20.3. The highest BCUT2D eigenvalue weighted by Crippen LogP contribution is 2.29. The number of benzene rings is 1. The van der Waals surface area contributed by atoms with E-state index >= 15 is 0 Å². The van der Waals surface area contributed by atoms with Gasteiger partial charge < -0.3 is 19.9 Å². The summed E-state index contributed by atoms with van der Waals surface area (Å²) in [5.41, 5.74) is 2.82. The first-order valence-corrected chi connectivity index (χ1v) is 9.43. The van der Waals surface area contributed by atoms with Gasteiger partial charge in [-0.2, -0.15) is 0 Å². The molecule has 2 amide bonds. The molecule has 28 heavy (non-hydrogen) atoms. The van der Waals surface area contributed by atoms with E-state index in [4.69, 9.17) is 4.74 Å². The molecule has 1 atom stereocenters. The van der Waals surface area contributed by atoms with E-state index in [2.05, 4.69) is 10.3 Å². The highest BCUT2D eigenvalue weighted by atomic mass is 16.5. The molecule has 7 nitrogen and oxygen atoms in total. The highest BCUT2D eigenvalue weighted by Gasteiger charge is 2.33. The number of carbonyl (C=O) groups excluding carboxylic acids is 3. The maximum atomic E-state index is 13.4. The Labute approximate surface area is 164 Å². The average Bonchev–Trinajstić information content (AvgIpc) is 2.85. The number of aromatic amines is 1. The van der Waals surface area contributed by atoms with Gasteiger partial charge in [0.15, 0.2) is 0 Å². The number of nitrogens with zero attached hydrogens (tertiary/aromatic N) is 1. The minimum Gasteiger partial charge on any atom is -0.462 e. The molecule has 0 saturated carbocycles. The third-order valence-corrected chi connectivity index (χ3v) is 5.01. The summed E-state index contributed by atoms with van der Waals surface area (Å²) in [7, 11) is 0. The molecule has 1 aromatic heterocycles. The number of ether oxygens (including phenoxy) is 1. The molecule has 0 aliphatic carbocycles. The zero-order valence-electron chi connectivity index (χ0n) is 16.4. The Balaban J connectivity index is 1.98. The highest BCUT2D eigenvalue weighted by molar-refractivity contribution is 6.01. The van der Waals surface area contributed by atoms with Gasteiger partial charge in [0.2, 0.25) is 5.91 Å². The molecule has 1 aliphatic rings. The molecule has 1 aromatic carbocycles. The topological polar surface area (TPSA) is 91.5 Å². The standard InChI is InChI=1S/C21H25N3O4/c1-4-28-21(27)18-13(2)19(23-14(18)3)20(26)24-11-10-22-17(25)12-16(24)15-8-6-5-7-9-15/h5-9,16,23H,4,10-12H2,1-3H3,(H,22,25). The van der Waals surface area contributed by atoms with Crippen LogP contribution < -0.4 is 5.32 Å². The summed E-state index contributed by atoms with van der Waals surface area (Å²) in [5, 5.41) is 2.83. The Morgan fingerprint density at radius 3 is 2.61 bits per heavy atom. The molecule has 1 aliphatic heterocycles. The number of nitrogens with one attached hydrogen (secondary N) is 2. The van der Waals surface area contributed by atoms with Crippen molar-refractivity contribution < 1.29 is 19.1 Å². The molecule has 7 heteroatoms. The number of aryl methyl sites for hydroxylation is 1. The van der Waals surface area contributed by atoms with Crippen LogP contribution in [0.25, 0.3) is 0 Å². The fourth-order valence-electron chi connectivity index (χ4n) is 3.66. The molecule has 0 spiro atoms. The molecule has 2 aromatic rings. The van der Waals surface area contributed by atoms with E-state index in [1.807, 2.05) is 30.3 Å². The minimum absolute atomic E-state index is 0.0873. The molecule has 148 valence electrons. The number of carbonyl (C=O) groups is 3. The van der Waals surface area contributed by atoms with Gasteiger partial charge in [-0.15, -0.1) is 0 Å². The van der Waals surface area contributed by atoms with Gasteiger partial charge in [0.25, 0.3) is 5.91 Å². The predicted octanol–water partition coefficient (Wildman–Crippen LogP) is 2.51. The van der Waals surface area contributed by atoms with E-state index in [1.165, 1.54) is 0 Å². The van der Waals surface area contributed by atoms with Crippen molar-refractivity contribution in [3.63, 3.8) is 0 Å². The van der Waals surface area contributed by atoms with Crippen LogP contribution in [0.4, 0.5) is 0 Å². The summed E-state index contributed by atoms with van der Waals surface area (Å²) in [6, 6.07) is 9.15. The molecule has 1 fully saturated rings. The van der Waals surface area contributed by atoms with E-state index in [1.54, 1.807) is 25.7 Å². The zero-order valence-corrected chi connectivity index (χ0v) is 16.4. The Bertz CT molecular complexity index is 889. The second-order valence-corrected chi connectivity index (χ2v) is 6.82. The van der Waals surface area contributed by atoms with Gasteiger partial charge in [0, 0.05) is 18.8 Å². The van der Waals surface area contributed by atoms with E-state index < -0.39 is 5.97 Å². The van der Waals surface area contributed by atoms with Crippen LogP contribution in [0, 0.1) is 13.8 Å². The van der Waals surface area contributed by atoms with Crippen LogP contribution in [0.2, 0.25) is 0 Å². The molecule has 2 N–H and O–H groups in total. The lowest BCUT2D eigenvalue weighted by atomic mass is 10.0. The SMILES string of the molecule is CCOC(=O)c1c(C)[nH]c(C(=O)N2CCNC(=O)CC2c2ccccc2)c1C. The van der Waals surface area contributed by atoms with Crippen molar-refractivity contribution in [2.24, 2.45) is 0 Å². The molecular formula is C21H25N3O4. The number of esters is 1. The number of rotatable bonds is 4. The van der Waals surface area contributed by atoms with E-state index in [-0.39, 0.29) is 30.9 Å². The Hall–Kier alpha value is -3.09. The van der Waals surface area contributed by atoms with Crippen molar-refractivity contribution in [3.8, 4) is 0 Å². The van der Waals surface area contributed by atoms with Crippen molar-refractivity contribution in [1.82, 2.24) is 15.2 Å². The molecular weight excluding hydrogens is 358 g/mol. The van der Waals surface area contributed by atoms with Crippen molar-refractivity contribution in [3.05, 3.63) is 58.4 Å². The van der Waals surface area contributed by atoms with Gasteiger partial charge in [-0.1, -0.05) is 30.3 Å². The largest absolute Gasteiger partial charge is 0.462 e. The van der Waals surface area contributed by atoms with Crippen molar-refractivity contribution in [2.45, 2.75) is 33.2 Å². The molecule has 1 unspecified atom stereocenters. The lowest BCUT2D eigenvalue weighted by Crippen LogP contribution is -2.37. The first kappa shape index (κ1) is 19.7. The summed E-state index contributed by atoms with van der Waals surface area (Å²) >= 11 is 0. The van der Waals surface area contributed by atoms with Crippen LogP contribution in [0.15, 0.2) is 30.3 Å². The quantitative estimate of drug-likeness (QED) is 0.794. The van der Waals surface area contributed by atoms with Gasteiger partial charge in [-0.25, -0.2) is 4.79 Å². The van der Waals surface area contributed by atoms with Crippen LogP contribution >= 0.6 is 0 Å². The monoisotopic (exact) mass is 383 g/mol. The van der Waals surface area contributed by atoms with Crippen LogP contribution in [0.5, 0.6) is 0 Å². The average molecular weight is 383 g/mol. The maximum absolute atomic E-state index is 13.4. The van der Waals surface area contributed by atoms with E-state index in [0.29, 0.717) is 35.6 Å². The van der Waals surface area contributed by atoms with Crippen molar-refractivity contribution >= 4 is 17.8 Å². The summed E-state index contributed by atoms with van der Waals surface area (Å²) in [5.74, 6) is -0.766. The van der Waals surface area contributed by atoms with E-state index in [9.17, 15) is 14.4 Å². The Morgan fingerprint density at radius 1 is 1.21 bits per heavy atom. The molecule has 3 rings (SSSR count). The fourth-order valence-corrected chi connectivity index (χ4v) is 3.66. The van der Waals surface area contributed by atoms with Crippen molar-refractivity contribution in [1.29, 1.82) is 0 Å². The number of amides is 2. The first-order chi connectivity index (χ1) is 13.4. The second-order valence-electron chi connectivity index (χ2n) is 6.82. The number of aromatic nitrogens is 1. The van der Waals surface area contributed by atoms with Gasteiger partial charge in [-0.05, 0) is 31.9 Å². The third kappa shape index (κ3) is 3.78. The van der Waals surface area contributed by atoms with Gasteiger partial charge in [-0.3, -0.25) is 9.59 Å². The van der Waals surface area contributed by atoms with Gasteiger partial charge in [0.05, 0.1) is 24.6 Å². The van der Waals surface area contributed by atoms with Crippen LogP contribution in [0.3, 0.4) is 0 Å². The molecule has 1 saturated heterocycles. The van der Waals surface area contributed by atoms with Crippen LogP contribution in [0.1, 0.15) is 57.1 Å². The summed E-state index contributed by atoms with van der Waals surface area (Å²) in [6.07, 6.45) is 0.194. The number of H-pyrrole nitrogens is 1. The second kappa shape index (κ2) is 8.29. The van der Waals surface area contributed by atoms with Crippen LogP contribution in [-0.2, 0) is 9.53 Å². The van der Waals surface area contributed by atoms with Crippen LogP contribution in [-0.4, -0.2) is 47.4 Å².